The molecule has 0 unspecified atom stereocenters. The third-order valence-corrected chi connectivity index (χ3v) is 11.0. The summed E-state index contributed by atoms with van der Waals surface area (Å²) in [6, 6.07) is 18.5. The number of aliphatic hydroxyl groups excluding tert-OH is 1. The van der Waals surface area contributed by atoms with Crippen molar-refractivity contribution in [1.82, 2.24) is 36.5 Å². The van der Waals surface area contributed by atoms with Gasteiger partial charge in [-0.3, -0.25) is 28.8 Å². The van der Waals surface area contributed by atoms with Crippen molar-refractivity contribution in [3.63, 3.8) is 0 Å². The number of aliphatic hydroxyl groups is 1. The minimum atomic E-state index is -1.52. The van der Waals surface area contributed by atoms with Gasteiger partial charge in [0.2, 0.25) is 35.4 Å². The maximum absolute atomic E-state index is 14.6. The number of rotatable bonds is 11. The molecule has 15 nitrogen and oxygen atoms in total. The van der Waals surface area contributed by atoms with E-state index in [0.29, 0.717) is 32.2 Å². The van der Waals surface area contributed by atoms with Crippen molar-refractivity contribution in [3.05, 3.63) is 108 Å². The highest BCUT2D eigenvalue weighted by atomic mass is 16.3. The van der Waals surface area contributed by atoms with Crippen molar-refractivity contribution in [1.29, 1.82) is 0 Å². The second-order valence-electron chi connectivity index (χ2n) is 15.4. The molecule has 312 valence electrons. The number of hydrogen-bond acceptors (Lipinski definition) is 8. The molecule has 3 heterocycles. The van der Waals surface area contributed by atoms with Crippen LogP contribution in [-0.4, -0.2) is 106 Å². The first-order valence-corrected chi connectivity index (χ1v) is 20.4. The summed E-state index contributed by atoms with van der Waals surface area (Å²) in [5, 5.41) is 25.6. The Bertz CT molecular complexity index is 2090. The van der Waals surface area contributed by atoms with Gasteiger partial charge in [-0.1, -0.05) is 78.9 Å². The van der Waals surface area contributed by atoms with Crippen LogP contribution in [0.1, 0.15) is 55.7 Å². The molecule has 2 saturated heterocycles. The number of aromatic amines is 1. The molecule has 15 heteroatoms. The van der Waals surface area contributed by atoms with E-state index in [1.807, 2.05) is 60.7 Å². The highest BCUT2D eigenvalue weighted by molar-refractivity contribution is 5.99. The molecule has 3 aromatic carbocycles. The Hall–Kier alpha value is -6.06. The average Bonchev–Trinajstić information content (AvgIpc) is 3.90. The Kier molecular flexibility index (Phi) is 14.5. The Morgan fingerprint density at radius 3 is 1.90 bits per heavy atom. The average molecular weight is 807 g/mol. The molecular weight excluding hydrogens is 753 g/mol. The first kappa shape index (κ1) is 42.5. The summed E-state index contributed by atoms with van der Waals surface area (Å²) in [6.45, 7) is 1.90. The van der Waals surface area contributed by atoms with E-state index in [9.17, 15) is 33.9 Å². The molecule has 0 saturated carbocycles. The molecule has 0 radical (unpaired) electrons. The first-order chi connectivity index (χ1) is 28.5. The molecule has 0 bridgehead atoms. The number of nitrogens with two attached hydrogens (primary N) is 1. The molecular formula is C44H54N8O7. The zero-order valence-electron chi connectivity index (χ0n) is 33.2. The minimum absolute atomic E-state index is 0.0290. The Balaban J connectivity index is 1.40. The molecule has 2 aliphatic heterocycles. The fraction of sp³-hybridized carbons (Fsp3) is 0.409. The zero-order chi connectivity index (χ0) is 41.9. The van der Waals surface area contributed by atoms with Crippen molar-refractivity contribution in [3.8, 4) is 0 Å². The quantitative estimate of drug-likeness (QED) is 0.102. The van der Waals surface area contributed by atoms with Crippen molar-refractivity contribution < 1.29 is 33.9 Å². The number of nitrogens with zero attached hydrogens (tertiary/aromatic N) is 1. The van der Waals surface area contributed by atoms with Gasteiger partial charge >= 0.3 is 0 Å². The summed E-state index contributed by atoms with van der Waals surface area (Å²) in [6.07, 6.45) is 2.45. The van der Waals surface area contributed by atoms with Crippen LogP contribution in [0.2, 0.25) is 0 Å². The summed E-state index contributed by atoms with van der Waals surface area (Å²) in [5.74, 6) is -3.93. The molecule has 2 aliphatic rings. The second-order valence-corrected chi connectivity index (χ2v) is 15.4. The molecule has 6 rings (SSSR count). The van der Waals surface area contributed by atoms with Crippen molar-refractivity contribution in [2.24, 2.45) is 5.73 Å². The van der Waals surface area contributed by atoms with Gasteiger partial charge in [0.15, 0.2) is 0 Å². The normalized spacial score (nSPS) is 24.2. The fourth-order valence-electron chi connectivity index (χ4n) is 7.84. The third kappa shape index (κ3) is 10.9. The van der Waals surface area contributed by atoms with Gasteiger partial charge in [-0.2, -0.15) is 0 Å². The van der Waals surface area contributed by atoms with Gasteiger partial charge in [-0.05, 0) is 68.3 Å². The standard InChI is InChI=1S/C44H54N8O7/c1-27(53)38-43(58)47-33(19-10-11-21-45)39(54)48-35(25-30-26-46-32-18-9-8-17-31(30)32)40(55)50-36(24-29-15-6-3-7-16-29)44(59)52-22-12-20-37(52)42(57)49-34(41(56)51-38)23-28-13-4-2-5-14-28/h2-9,13-18,26-27,33-38,46,53H,10-12,19-25,45H2,1H3,(H,47,58)(H,48,54)(H,49,57)(H,50,55)(H,51,56)/t27-,33+,34+,35-,36+,37-,38+/m1/s1. The summed E-state index contributed by atoms with van der Waals surface area (Å²) < 4.78 is 0. The number of H-pyrrole nitrogens is 1. The molecule has 1 aromatic heterocycles. The van der Waals surface area contributed by atoms with E-state index < -0.39 is 77.8 Å². The molecule has 7 atom stereocenters. The number of aromatic nitrogens is 1. The van der Waals surface area contributed by atoms with Crippen molar-refractivity contribution in [2.45, 2.75) is 101 Å². The lowest BCUT2D eigenvalue weighted by Gasteiger charge is -2.32. The maximum atomic E-state index is 14.6. The maximum Gasteiger partial charge on any atom is 0.246 e. The lowest BCUT2D eigenvalue weighted by atomic mass is 10.00. The monoisotopic (exact) mass is 806 g/mol. The van der Waals surface area contributed by atoms with Crippen LogP contribution in [0.25, 0.3) is 10.9 Å². The number of hydrogen-bond donors (Lipinski definition) is 8. The topological polar surface area (TPSA) is 228 Å². The van der Waals surface area contributed by atoms with E-state index in [1.54, 1.807) is 30.5 Å². The number of unbranched alkanes of at least 4 members (excludes halogenated alkanes) is 1. The predicted octanol–water partition coefficient (Wildman–Crippen LogP) is 1.13. The van der Waals surface area contributed by atoms with E-state index >= 15 is 0 Å². The van der Waals surface area contributed by atoms with Crippen LogP contribution in [0.4, 0.5) is 0 Å². The third-order valence-electron chi connectivity index (χ3n) is 11.0. The molecule has 2 fully saturated rings. The second kappa shape index (κ2) is 20.1. The van der Waals surface area contributed by atoms with Crippen LogP contribution < -0.4 is 32.3 Å². The van der Waals surface area contributed by atoms with Crippen LogP contribution in [0, 0.1) is 0 Å². The van der Waals surface area contributed by atoms with Gasteiger partial charge in [-0.15, -0.1) is 0 Å². The molecule has 9 N–H and O–H groups in total. The molecule has 0 spiro atoms. The number of carbonyl (C=O) groups is 6. The number of nitrogens with one attached hydrogen (secondary N) is 6. The van der Waals surface area contributed by atoms with E-state index in [0.717, 1.165) is 27.6 Å². The zero-order valence-corrected chi connectivity index (χ0v) is 33.2. The van der Waals surface area contributed by atoms with E-state index in [4.69, 9.17) is 5.73 Å². The van der Waals surface area contributed by atoms with Gasteiger partial charge < -0.3 is 47.3 Å². The largest absolute Gasteiger partial charge is 0.391 e. The predicted molar refractivity (Wildman–Crippen MR) is 221 cm³/mol. The van der Waals surface area contributed by atoms with Gasteiger partial charge in [0.05, 0.1) is 6.10 Å². The molecule has 59 heavy (non-hydrogen) atoms. The van der Waals surface area contributed by atoms with E-state index in [1.165, 1.54) is 11.8 Å². The number of amides is 6. The number of benzene rings is 3. The van der Waals surface area contributed by atoms with Crippen LogP contribution in [0.5, 0.6) is 0 Å². The smallest absolute Gasteiger partial charge is 0.246 e. The van der Waals surface area contributed by atoms with Crippen LogP contribution in [-0.2, 0) is 48.0 Å². The van der Waals surface area contributed by atoms with Gasteiger partial charge in [0, 0.05) is 42.9 Å². The Morgan fingerprint density at radius 2 is 1.22 bits per heavy atom. The Labute approximate surface area is 343 Å². The van der Waals surface area contributed by atoms with Gasteiger partial charge in [0.1, 0.15) is 36.3 Å². The SMILES string of the molecule is C[C@@H](O)[C@@H]1NC(=O)[C@H](Cc2ccccc2)NC(=O)[C@H]2CCCN2C(=O)[C@H](Cc2ccccc2)NC(=O)[C@@H](Cc2c[nH]c3ccccc23)NC(=O)[C@H](CCCCN)NC1=O. The van der Waals surface area contributed by atoms with E-state index in [2.05, 4.69) is 31.6 Å². The highest BCUT2D eigenvalue weighted by Crippen LogP contribution is 2.22. The van der Waals surface area contributed by atoms with Crippen LogP contribution in [0.3, 0.4) is 0 Å². The highest BCUT2D eigenvalue weighted by Gasteiger charge is 2.41. The Morgan fingerprint density at radius 1 is 0.661 bits per heavy atom. The summed E-state index contributed by atoms with van der Waals surface area (Å²) in [5.41, 5.74) is 8.82. The van der Waals surface area contributed by atoms with Crippen LogP contribution in [0.15, 0.2) is 91.1 Å². The van der Waals surface area contributed by atoms with Crippen LogP contribution >= 0.6 is 0 Å². The van der Waals surface area contributed by atoms with Crippen molar-refractivity contribution in [2.75, 3.05) is 13.1 Å². The number of fused-ring (bicyclic) bond motifs is 2. The molecule has 0 aliphatic carbocycles. The molecule has 4 aromatic rings. The lowest BCUT2D eigenvalue weighted by Crippen LogP contribution is -2.63. The van der Waals surface area contributed by atoms with Crippen molar-refractivity contribution >= 4 is 46.3 Å². The van der Waals surface area contributed by atoms with E-state index in [-0.39, 0.29) is 32.2 Å². The fourth-order valence-corrected chi connectivity index (χ4v) is 7.84. The summed E-state index contributed by atoms with van der Waals surface area (Å²) in [4.78, 5) is 90.4. The van der Waals surface area contributed by atoms with Gasteiger partial charge in [-0.25, -0.2) is 0 Å². The number of carbonyl (C=O) groups excluding carboxylic acids is 6. The molecule has 6 amide bonds. The van der Waals surface area contributed by atoms with Gasteiger partial charge in [0.25, 0.3) is 0 Å². The summed E-state index contributed by atoms with van der Waals surface area (Å²) >= 11 is 0. The first-order valence-electron chi connectivity index (χ1n) is 20.4. The lowest BCUT2D eigenvalue weighted by molar-refractivity contribution is -0.143. The number of para-hydroxylation sites is 1. The summed E-state index contributed by atoms with van der Waals surface area (Å²) in [7, 11) is 0. The minimum Gasteiger partial charge on any atom is -0.391 e.